The van der Waals surface area contributed by atoms with Crippen molar-refractivity contribution in [1.82, 2.24) is 10.2 Å². The summed E-state index contributed by atoms with van der Waals surface area (Å²) in [4.78, 5) is 3.49. The summed E-state index contributed by atoms with van der Waals surface area (Å²) in [6.45, 7) is 6.15. The molecule has 0 saturated carbocycles. The Balaban J connectivity index is 2.18. The molecule has 0 bridgehead atoms. The summed E-state index contributed by atoms with van der Waals surface area (Å²) in [5.74, 6) is 0. The Morgan fingerprint density at radius 3 is 3.00 bits per heavy atom. The van der Waals surface area contributed by atoms with Crippen molar-refractivity contribution in [3.8, 4) is 6.07 Å². The highest BCUT2D eigenvalue weighted by Gasteiger charge is 1.98. The predicted octanol–water partition coefficient (Wildman–Crippen LogP) is 1.66. The molecule has 1 aromatic rings. The van der Waals surface area contributed by atoms with Gasteiger partial charge in [-0.2, -0.15) is 5.26 Å². The van der Waals surface area contributed by atoms with Crippen molar-refractivity contribution >= 4 is 11.3 Å². The molecule has 0 unspecified atom stereocenters. The monoisotopic (exact) mass is 223 g/mol. The van der Waals surface area contributed by atoms with E-state index >= 15 is 0 Å². The third kappa shape index (κ3) is 4.43. The highest BCUT2D eigenvalue weighted by Crippen LogP contribution is 2.12. The molecule has 0 saturated heterocycles. The quantitative estimate of drug-likeness (QED) is 0.746. The Hall–Kier alpha value is -0.890. The van der Waals surface area contributed by atoms with Gasteiger partial charge >= 0.3 is 0 Å². The van der Waals surface area contributed by atoms with E-state index in [2.05, 4.69) is 30.3 Å². The second-order valence-corrected chi connectivity index (χ2v) is 4.48. The van der Waals surface area contributed by atoms with Gasteiger partial charge in [0.25, 0.3) is 0 Å². The van der Waals surface area contributed by atoms with Crippen LogP contribution >= 0.6 is 11.3 Å². The second kappa shape index (κ2) is 6.57. The van der Waals surface area contributed by atoms with E-state index in [1.165, 1.54) is 4.88 Å². The molecule has 0 aliphatic rings. The Morgan fingerprint density at radius 2 is 2.40 bits per heavy atom. The average molecular weight is 223 g/mol. The van der Waals surface area contributed by atoms with Crippen molar-refractivity contribution in [2.45, 2.75) is 13.5 Å². The van der Waals surface area contributed by atoms with Gasteiger partial charge < -0.3 is 10.2 Å². The van der Waals surface area contributed by atoms with E-state index in [-0.39, 0.29) is 0 Å². The topological polar surface area (TPSA) is 39.1 Å². The fourth-order valence-electron chi connectivity index (χ4n) is 1.17. The van der Waals surface area contributed by atoms with Gasteiger partial charge in [0, 0.05) is 29.9 Å². The highest BCUT2D eigenvalue weighted by atomic mass is 32.1. The van der Waals surface area contributed by atoms with Gasteiger partial charge in [-0.05, 0) is 19.7 Å². The maximum Gasteiger partial charge on any atom is 0.100 e. The van der Waals surface area contributed by atoms with Crippen LogP contribution in [-0.4, -0.2) is 31.6 Å². The Morgan fingerprint density at radius 1 is 1.60 bits per heavy atom. The molecule has 0 spiro atoms. The standard InChI is InChI=1S/C11H17N3S/c1-3-14(2)5-4-13-8-11-6-10(7-12)9-15-11/h6,9,13H,3-5,8H2,1-2H3. The van der Waals surface area contributed by atoms with Gasteiger partial charge in [0.2, 0.25) is 0 Å². The van der Waals surface area contributed by atoms with E-state index in [4.69, 9.17) is 5.26 Å². The van der Waals surface area contributed by atoms with Crippen molar-refractivity contribution in [2.24, 2.45) is 0 Å². The number of hydrogen-bond acceptors (Lipinski definition) is 4. The zero-order chi connectivity index (χ0) is 11.1. The molecule has 15 heavy (non-hydrogen) atoms. The predicted molar refractivity (Wildman–Crippen MR) is 63.9 cm³/mol. The van der Waals surface area contributed by atoms with E-state index in [0.29, 0.717) is 0 Å². The maximum atomic E-state index is 8.66. The molecule has 1 heterocycles. The van der Waals surface area contributed by atoms with Crippen molar-refractivity contribution in [2.75, 3.05) is 26.7 Å². The molecule has 1 N–H and O–H groups in total. The van der Waals surface area contributed by atoms with Crippen LogP contribution in [-0.2, 0) is 6.54 Å². The van der Waals surface area contributed by atoms with Gasteiger partial charge in [-0.25, -0.2) is 0 Å². The minimum Gasteiger partial charge on any atom is -0.311 e. The summed E-state index contributed by atoms with van der Waals surface area (Å²) < 4.78 is 0. The average Bonchev–Trinajstić information content (AvgIpc) is 2.72. The van der Waals surface area contributed by atoms with E-state index < -0.39 is 0 Å². The maximum absolute atomic E-state index is 8.66. The second-order valence-electron chi connectivity index (χ2n) is 3.49. The van der Waals surface area contributed by atoms with Gasteiger partial charge in [-0.3, -0.25) is 0 Å². The number of thiophene rings is 1. The lowest BCUT2D eigenvalue weighted by atomic mass is 10.3. The van der Waals surface area contributed by atoms with Crippen LogP contribution in [0, 0.1) is 11.3 Å². The number of likely N-dealkylation sites (N-methyl/N-ethyl adjacent to an activating group) is 1. The number of nitrogens with zero attached hydrogens (tertiary/aromatic N) is 2. The molecule has 0 aromatic carbocycles. The van der Waals surface area contributed by atoms with Crippen LogP contribution in [0.2, 0.25) is 0 Å². The zero-order valence-corrected chi connectivity index (χ0v) is 10.1. The first-order valence-electron chi connectivity index (χ1n) is 5.13. The normalized spacial score (nSPS) is 10.5. The molecule has 0 aliphatic heterocycles. The molecular formula is C11H17N3S. The molecule has 0 radical (unpaired) electrons. The molecule has 0 fully saturated rings. The smallest absolute Gasteiger partial charge is 0.100 e. The van der Waals surface area contributed by atoms with Crippen molar-refractivity contribution in [3.63, 3.8) is 0 Å². The molecule has 4 heteroatoms. The fraction of sp³-hybridized carbons (Fsp3) is 0.545. The van der Waals surface area contributed by atoms with E-state index in [1.54, 1.807) is 11.3 Å². The van der Waals surface area contributed by atoms with E-state index in [1.807, 2.05) is 11.4 Å². The van der Waals surface area contributed by atoms with Gasteiger partial charge in [0.1, 0.15) is 6.07 Å². The van der Waals surface area contributed by atoms with Crippen molar-refractivity contribution in [3.05, 3.63) is 21.9 Å². The number of rotatable bonds is 6. The van der Waals surface area contributed by atoms with E-state index in [0.717, 1.165) is 31.7 Å². The lowest BCUT2D eigenvalue weighted by molar-refractivity contribution is 0.349. The molecule has 1 rings (SSSR count). The first-order valence-corrected chi connectivity index (χ1v) is 6.01. The van der Waals surface area contributed by atoms with Crippen LogP contribution in [0.4, 0.5) is 0 Å². The minimum absolute atomic E-state index is 0.766. The molecule has 3 nitrogen and oxygen atoms in total. The third-order valence-electron chi connectivity index (χ3n) is 2.29. The Bertz CT molecular complexity index is 327. The van der Waals surface area contributed by atoms with Crippen molar-refractivity contribution < 1.29 is 0 Å². The lowest BCUT2D eigenvalue weighted by Gasteiger charge is -2.13. The van der Waals surface area contributed by atoms with Crippen LogP contribution in [0.5, 0.6) is 0 Å². The Kier molecular flexibility index (Phi) is 5.33. The number of nitrogens with one attached hydrogen (secondary N) is 1. The lowest BCUT2D eigenvalue weighted by Crippen LogP contribution is -2.28. The molecule has 0 atom stereocenters. The molecular weight excluding hydrogens is 206 g/mol. The van der Waals surface area contributed by atoms with Gasteiger partial charge in [-0.1, -0.05) is 6.92 Å². The third-order valence-corrected chi connectivity index (χ3v) is 3.23. The highest BCUT2D eigenvalue weighted by molar-refractivity contribution is 7.10. The van der Waals surface area contributed by atoms with Crippen LogP contribution in [0.3, 0.4) is 0 Å². The molecule has 0 aliphatic carbocycles. The van der Waals surface area contributed by atoms with Crippen LogP contribution in [0.25, 0.3) is 0 Å². The largest absolute Gasteiger partial charge is 0.311 e. The summed E-state index contributed by atoms with van der Waals surface area (Å²) in [5.41, 5.74) is 0.766. The van der Waals surface area contributed by atoms with Crippen LogP contribution in [0.15, 0.2) is 11.4 Å². The summed E-state index contributed by atoms with van der Waals surface area (Å²) in [6, 6.07) is 4.09. The van der Waals surface area contributed by atoms with Gasteiger partial charge in [-0.15, -0.1) is 11.3 Å². The zero-order valence-electron chi connectivity index (χ0n) is 9.29. The molecule has 0 amide bonds. The first kappa shape index (κ1) is 12.2. The van der Waals surface area contributed by atoms with Crippen molar-refractivity contribution in [1.29, 1.82) is 5.26 Å². The molecule has 1 aromatic heterocycles. The Labute approximate surface area is 95.3 Å². The number of hydrogen-bond donors (Lipinski definition) is 1. The first-order chi connectivity index (χ1) is 7.26. The number of nitriles is 1. The fourth-order valence-corrected chi connectivity index (χ4v) is 1.95. The van der Waals surface area contributed by atoms with E-state index in [9.17, 15) is 0 Å². The summed E-state index contributed by atoms with van der Waals surface area (Å²) in [6.07, 6.45) is 0. The summed E-state index contributed by atoms with van der Waals surface area (Å²) in [7, 11) is 2.11. The van der Waals surface area contributed by atoms with Crippen LogP contribution < -0.4 is 5.32 Å². The summed E-state index contributed by atoms with van der Waals surface area (Å²) >= 11 is 1.64. The van der Waals surface area contributed by atoms with Gasteiger partial charge in [0.05, 0.1) is 5.56 Å². The van der Waals surface area contributed by atoms with Crippen LogP contribution in [0.1, 0.15) is 17.4 Å². The van der Waals surface area contributed by atoms with Gasteiger partial charge in [0.15, 0.2) is 0 Å². The minimum atomic E-state index is 0.766. The summed E-state index contributed by atoms with van der Waals surface area (Å²) in [5, 5.41) is 13.9. The SMILES string of the molecule is CCN(C)CCNCc1cc(C#N)cs1. The molecule has 82 valence electrons.